The molecule has 0 radical (unpaired) electrons. The summed E-state index contributed by atoms with van der Waals surface area (Å²) in [4.78, 5) is 13.4. The minimum Gasteiger partial charge on any atom is -0.440 e. The Labute approximate surface area is 161 Å². The zero-order valence-corrected chi connectivity index (χ0v) is 15.4. The molecule has 0 spiro atoms. The molecular formula is C21H20FN3O3. The standard InChI is InChI=1S/C21H20FN3O3/c1-12-9-17-19(21(26)25(12)11-13-5-4-8-27-13)18(15(10-23)20(24)28-17)14-6-2-3-7-16(14)22/h2-3,6-7,9,13,18H,4-5,8,11,24H2,1H3/t13-,18-/m0/s1. The number of rotatable bonds is 3. The maximum absolute atomic E-state index is 14.6. The van der Waals surface area contributed by atoms with Crippen molar-refractivity contribution in [3.63, 3.8) is 0 Å². The summed E-state index contributed by atoms with van der Waals surface area (Å²) in [5.41, 5.74) is 6.78. The van der Waals surface area contributed by atoms with Gasteiger partial charge >= 0.3 is 0 Å². The Hall–Kier alpha value is -3.11. The number of benzene rings is 1. The number of aromatic nitrogens is 1. The minimum atomic E-state index is -0.918. The molecule has 1 aromatic heterocycles. The third-order valence-electron chi connectivity index (χ3n) is 5.32. The zero-order chi connectivity index (χ0) is 19.8. The van der Waals surface area contributed by atoms with E-state index in [2.05, 4.69) is 0 Å². The second-order valence-electron chi connectivity index (χ2n) is 7.06. The molecule has 2 aliphatic rings. The molecule has 0 bridgehead atoms. The molecule has 2 aromatic rings. The fraction of sp³-hybridized carbons (Fsp3) is 0.333. The molecule has 144 valence electrons. The summed E-state index contributed by atoms with van der Waals surface area (Å²) >= 11 is 0. The van der Waals surface area contributed by atoms with Crippen molar-refractivity contribution in [2.75, 3.05) is 6.61 Å². The molecule has 1 aromatic carbocycles. The number of nitrogens with two attached hydrogens (primary N) is 1. The van der Waals surface area contributed by atoms with E-state index in [0.29, 0.717) is 18.8 Å². The Bertz CT molecular complexity index is 1060. The van der Waals surface area contributed by atoms with Crippen molar-refractivity contribution in [3.05, 3.63) is 74.8 Å². The van der Waals surface area contributed by atoms with Gasteiger partial charge < -0.3 is 19.8 Å². The van der Waals surface area contributed by atoms with Crippen molar-refractivity contribution in [2.24, 2.45) is 5.73 Å². The Morgan fingerprint density at radius 3 is 2.86 bits per heavy atom. The van der Waals surface area contributed by atoms with Crippen molar-refractivity contribution < 1.29 is 13.9 Å². The molecule has 4 rings (SSSR count). The van der Waals surface area contributed by atoms with Gasteiger partial charge in [0, 0.05) is 23.9 Å². The average molecular weight is 381 g/mol. The Morgan fingerprint density at radius 1 is 1.39 bits per heavy atom. The highest BCUT2D eigenvalue weighted by Gasteiger charge is 2.36. The first-order chi connectivity index (χ1) is 13.5. The summed E-state index contributed by atoms with van der Waals surface area (Å²) in [6.45, 7) is 2.89. The van der Waals surface area contributed by atoms with Crippen LogP contribution in [0, 0.1) is 24.1 Å². The van der Waals surface area contributed by atoms with Gasteiger partial charge in [-0.2, -0.15) is 5.26 Å². The fourth-order valence-electron chi connectivity index (χ4n) is 3.93. The first kappa shape index (κ1) is 18.3. The highest BCUT2D eigenvalue weighted by atomic mass is 19.1. The second-order valence-corrected chi connectivity index (χ2v) is 7.06. The van der Waals surface area contributed by atoms with Crippen molar-refractivity contribution in [1.29, 1.82) is 5.26 Å². The number of ether oxygens (including phenoxy) is 2. The number of aryl methyl sites for hydroxylation is 1. The largest absolute Gasteiger partial charge is 0.440 e. The molecule has 1 fully saturated rings. The van der Waals surface area contributed by atoms with Crippen LogP contribution in [-0.2, 0) is 11.3 Å². The molecule has 2 N–H and O–H groups in total. The van der Waals surface area contributed by atoms with E-state index in [0.717, 1.165) is 12.8 Å². The lowest BCUT2D eigenvalue weighted by molar-refractivity contribution is 0.0954. The number of nitriles is 1. The quantitative estimate of drug-likeness (QED) is 0.883. The molecule has 0 unspecified atom stereocenters. The number of hydrogen-bond donors (Lipinski definition) is 1. The molecule has 28 heavy (non-hydrogen) atoms. The topological polar surface area (TPSA) is 90.3 Å². The summed E-state index contributed by atoms with van der Waals surface area (Å²) < 4.78 is 27.5. The van der Waals surface area contributed by atoms with Crippen LogP contribution in [0.15, 0.2) is 46.6 Å². The molecule has 2 aliphatic heterocycles. The molecule has 0 aliphatic carbocycles. The molecule has 3 heterocycles. The van der Waals surface area contributed by atoms with Crippen LogP contribution >= 0.6 is 0 Å². The van der Waals surface area contributed by atoms with E-state index in [-0.39, 0.29) is 40.0 Å². The van der Waals surface area contributed by atoms with Crippen LogP contribution < -0.4 is 16.0 Å². The van der Waals surface area contributed by atoms with E-state index in [1.54, 1.807) is 35.8 Å². The number of fused-ring (bicyclic) bond motifs is 1. The van der Waals surface area contributed by atoms with Gasteiger partial charge in [0.05, 0.1) is 24.1 Å². The van der Waals surface area contributed by atoms with E-state index in [1.165, 1.54) is 6.07 Å². The molecule has 6 nitrogen and oxygen atoms in total. The number of halogens is 1. The monoisotopic (exact) mass is 381 g/mol. The SMILES string of the molecule is Cc1cc2c(c(=O)n1C[C@@H]1CCCO1)[C@@H](c1ccccc1F)C(C#N)=C(N)O2. The normalized spacial score (nSPS) is 21.2. The Balaban J connectivity index is 1.92. The summed E-state index contributed by atoms with van der Waals surface area (Å²) in [6, 6.07) is 9.79. The van der Waals surface area contributed by atoms with E-state index >= 15 is 0 Å². The summed E-state index contributed by atoms with van der Waals surface area (Å²) in [7, 11) is 0. The highest BCUT2D eigenvalue weighted by molar-refractivity contribution is 5.55. The van der Waals surface area contributed by atoms with Gasteiger partial charge in [0.15, 0.2) is 0 Å². The Morgan fingerprint density at radius 2 is 2.18 bits per heavy atom. The van der Waals surface area contributed by atoms with Gasteiger partial charge in [0.2, 0.25) is 5.88 Å². The zero-order valence-electron chi connectivity index (χ0n) is 15.4. The van der Waals surface area contributed by atoms with Crippen LogP contribution in [0.25, 0.3) is 0 Å². The number of pyridine rings is 1. The number of allylic oxidation sites excluding steroid dienone is 1. The summed E-state index contributed by atoms with van der Waals surface area (Å²) in [5.74, 6) is -1.28. The average Bonchev–Trinajstić information content (AvgIpc) is 3.18. The van der Waals surface area contributed by atoms with Gasteiger partial charge in [0.25, 0.3) is 5.56 Å². The van der Waals surface area contributed by atoms with Gasteiger partial charge in [-0.25, -0.2) is 4.39 Å². The molecule has 0 amide bonds. The number of hydrogen-bond acceptors (Lipinski definition) is 5. The minimum absolute atomic E-state index is 0.0298. The van der Waals surface area contributed by atoms with E-state index in [9.17, 15) is 14.4 Å². The van der Waals surface area contributed by atoms with Crippen LogP contribution in [0.4, 0.5) is 4.39 Å². The van der Waals surface area contributed by atoms with Crippen LogP contribution in [0.1, 0.15) is 35.6 Å². The summed E-state index contributed by atoms with van der Waals surface area (Å²) in [5, 5.41) is 9.64. The van der Waals surface area contributed by atoms with Gasteiger partial charge in [-0.05, 0) is 25.8 Å². The van der Waals surface area contributed by atoms with Crippen LogP contribution in [0.2, 0.25) is 0 Å². The van der Waals surface area contributed by atoms with Crippen molar-refractivity contribution in [3.8, 4) is 11.8 Å². The third-order valence-corrected chi connectivity index (χ3v) is 5.32. The third kappa shape index (κ3) is 2.96. The van der Waals surface area contributed by atoms with E-state index in [1.807, 2.05) is 6.07 Å². The fourth-order valence-corrected chi connectivity index (χ4v) is 3.93. The van der Waals surface area contributed by atoms with E-state index in [4.69, 9.17) is 15.2 Å². The lowest BCUT2D eigenvalue weighted by Crippen LogP contribution is -2.35. The predicted molar refractivity (Wildman–Crippen MR) is 100 cm³/mol. The maximum atomic E-state index is 14.6. The lowest BCUT2D eigenvalue weighted by atomic mass is 9.83. The Kier molecular flexibility index (Phi) is 4.65. The van der Waals surface area contributed by atoms with Crippen LogP contribution in [-0.4, -0.2) is 17.3 Å². The van der Waals surface area contributed by atoms with Crippen molar-refractivity contribution >= 4 is 0 Å². The molecule has 2 atom stereocenters. The van der Waals surface area contributed by atoms with Crippen molar-refractivity contribution in [1.82, 2.24) is 4.57 Å². The predicted octanol–water partition coefficient (Wildman–Crippen LogP) is 2.69. The van der Waals surface area contributed by atoms with Crippen molar-refractivity contribution in [2.45, 2.75) is 38.3 Å². The molecule has 1 saturated heterocycles. The van der Waals surface area contributed by atoms with Gasteiger partial charge in [0.1, 0.15) is 23.2 Å². The second kappa shape index (κ2) is 7.13. The number of nitrogens with zero attached hydrogens (tertiary/aromatic N) is 2. The first-order valence-corrected chi connectivity index (χ1v) is 9.19. The smallest absolute Gasteiger partial charge is 0.258 e. The van der Waals surface area contributed by atoms with Gasteiger partial charge in [-0.15, -0.1) is 0 Å². The first-order valence-electron chi connectivity index (χ1n) is 9.19. The molecule has 7 heteroatoms. The van der Waals surface area contributed by atoms with Crippen LogP contribution in [0.3, 0.4) is 0 Å². The molecule has 0 saturated carbocycles. The summed E-state index contributed by atoms with van der Waals surface area (Å²) in [6.07, 6.45) is 1.80. The lowest BCUT2D eigenvalue weighted by Gasteiger charge is -2.28. The van der Waals surface area contributed by atoms with Gasteiger partial charge in [-0.1, -0.05) is 18.2 Å². The highest BCUT2D eigenvalue weighted by Crippen LogP contribution is 2.41. The van der Waals surface area contributed by atoms with E-state index < -0.39 is 11.7 Å². The van der Waals surface area contributed by atoms with Gasteiger partial charge in [-0.3, -0.25) is 4.79 Å². The van der Waals surface area contributed by atoms with Crippen LogP contribution in [0.5, 0.6) is 5.75 Å². The maximum Gasteiger partial charge on any atom is 0.258 e. The molecular weight excluding hydrogens is 361 g/mol.